The molecule has 2 atom stereocenters. The summed E-state index contributed by atoms with van der Waals surface area (Å²) >= 11 is 0. The summed E-state index contributed by atoms with van der Waals surface area (Å²) in [6.45, 7) is 10.9. The Labute approximate surface area is 145 Å². The van der Waals surface area contributed by atoms with Gasteiger partial charge in [0.1, 0.15) is 11.9 Å². The SMILES string of the molecule is Cc1ccc(CNC(=O)C2CNCCO2)c(OC(C)CC(C)C)c1. The third-order valence-electron chi connectivity index (χ3n) is 4.03. The second-order valence-corrected chi connectivity index (χ2v) is 6.95. The number of aryl methyl sites for hydroxylation is 1. The second-order valence-electron chi connectivity index (χ2n) is 6.95. The summed E-state index contributed by atoms with van der Waals surface area (Å²) < 4.78 is 11.6. The number of morpholine rings is 1. The fraction of sp³-hybridized carbons (Fsp3) is 0.632. The summed E-state index contributed by atoms with van der Waals surface area (Å²) in [5.74, 6) is 1.36. The highest BCUT2D eigenvalue weighted by molar-refractivity contribution is 5.81. The first kappa shape index (κ1) is 18.7. The van der Waals surface area contributed by atoms with Crippen LogP contribution in [0.25, 0.3) is 0 Å². The van der Waals surface area contributed by atoms with Crippen LogP contribution in [0.1, 0.15) is 38.3 Å². The number of rotatable bonds is 7. The van der Waals surface area contributed by atoms with Crippen LogP contribution < -0.4 is 15.4 Å². The molecule has 2 N–H and O–H groups in total. The summed E-state index contributed by atoms with van der Waals surface area (Å²) in [7, 11) is 0. The highest BCUT2D eigenvalue weighted by Gasteiger charge is 2.21. The van der Waals surface area contributed by atoms with E-state index in [4.69, 9.17) is 9.47 Å². The molecule has 1 aliphatic rings. The van der Waals surface area contributed by atoms with Crippen molar-refractivity contribution in [3.63, 3.8) is 0 Å². The van der Waals surface area contributed by atoms with Crippen molar-refractivity contribution in [3.05, 3.63) is 29.3 Å². The van der Waals surface area contributed by atoms with Crippen molar-refractivity contribution in [1.82, 2.24) is 10.6 Å². The van der Waals surface area contributed by atoms with Crippen molar-refractivity contribution in [2.75, 3.05) is 19.7 Å². The van der Waals surface area contributed by atoms with Gasteiger partial charge in [0.2, 0.25) is 0 Å². The lowest BCUT2D eigenvalue weighted by Gasteiger charge is -2.23. The van der Waals surface area contributed by atoms with Gasteiger partial charge in [-0.1, -0.05) is 26.0 Å². The van der Waals surface area contributed by atoms with Gasteiger partial charge in [0.25, 0.3) is 5.91 Å². The lowest BCUT2D eigenvalue weighted by molar-refractivity contribution is -0.134. The number of amides is 1. The van der Waals surface area contributed by atoms with Crippen LogP contribution >= 0.6 is 0 Å². The Morgan fingerprint density at radius 2 is 2.21 bits per heavy atom. The van der Waals surface area contributed by atoms with Crippen molar-refractivity contribution in [3.8, 4) is 5.75 Å². The highest BCUT2D eigenvalue weighted by Crippen LogP contribution is 2.23. The predicted octanol–water partition coefficient (Wildman–Crippen LogP) is 2.41. The Balaban J connectivity index is 1.97. The van der Waals surface area contributed by atoms with E-state index in [1.807, 2.05) is 25.1 Å². The molecule has 5 nitrogen and oxygen atoms in total. The molecule has 0 spiro atoms. The molecule has 0 bridgehead atoms. The molecule has 1 heterocycles. The summed E-state index contributed by atoms with van der Waals surface area (Å²) in [5.41, 5.74) is 2.14. The van der Waals surface area contributed by atoms with E-state index >= 15 is 0 Å². The van der Waals surface area contributed by atoms with Crippen molar-refractivity contribution in [2.24, 2.45) is 5.92 Å². The van der Waals surface area contributed by atoms with Gasteiger partial charge in [-0.25, -0.2) is 0 Å². The fourth-order valence-corrected chi connectivity index (χ4v) is 2.88. The standard InChI is InChI=1S/C19H30N2O3/c1-13(2)9-15(4)24-17-10-14(3)5-6-16(17)11-21-19(22)18-12-20-7-8-23-18/h5-6,10,13,15,18,20H,7-9,11-12H2,1-4H3,(H,21,22). The Kier molecular flexibility index (Phi) is 7.06. The summed E-state index contributed by atoms with van der Waals surface area (Å²) in [5, 5.41) is 6.13. The van der Waals surface area contributed by atoms with Crippen LogP contribution in [0, 0.1) is 12.8 Å². The van der Waals surface area contributed by atoms with Crippen molar-refractivity contribution >= 4 is 5.91 Å². The molecule has 1 amide bonds. The van der Waals surface area contributed by atoms with Crippen LogP contribution in [0.2, 0.25) is 0 Å². The average molecular weight is 334 g/mol. The Bertz CT molecular complexity index is 539. The van der Waals surface area contributed by atoms with E-state index in [-0.39, 0.29) is 12.0 Å². The average Bonchev–Trinajstić information content (AvgIpc) is 2.54. The Morgan fingerprint density at radius 1 is 1.42 bits per heavy atom. The number of hydrogen-bond donors (Lipinski definition) is 2. The Morgan fingerprint density at radius 3 is 2.88 bits per heavy atom. The summed E-state index contributed by atoms with van der Waals surface area (Å²) in [4.78, 5) is 12.2. The summed E-state index contributed by atoms with van der Waals surface area (Å²) in [6, 6.07) is 6.10. The van der Waals surface area contributed by atoms with E-state index in [0.717, 1.165) is 29.8 Å². The van der Waals surface area contributed by atoms with Gasteiger partial charge in [0, 0.05) is 25.2 Å². The molecule has 1 fully saturated rings. The fourth-order valence-electron chi connectivity index (χ4n) is 2.88. The van der Waals surface area contributed by atoms with Crippen molar-refractivity contribution < 1.29 is 14.3 Å². The van der Waals surface area contributed by atoms with E-state index in [2.05, 4.69) is 31.4 Å². The molecule has 0 aromatic heterocycles. The smallest absolute Gasteiger partial charge is 0.250 e. The number of nitrogens with one attached hydrogen (secondary N) is 2. The van der Waals surface area contributed by atoms with Crippen molar-refractivity contribution in [2.45, 2.75) is 52.9 Å². The topological polar surface area (TPSA) is 59.6 Å². The first-order valence-electron chi connectivity index (χ1n) is 8.82. The molecular weight excluding hydrogens is 304 g/mol. The third kappa shape index (κ3) is 5.80. The van der Waals surface area contributed by atoms with Gasteiger partial charge in [0.05, 0.1) is 12.7 Å². The van der Waals surface area contributed by atoms with Crippen molar-refractivity contribution in [1.29, 1.82) is 0 Å². The van der Waals surface area contributed by atoms with Gasteiger partial charge >= 0.3 is 0 Å². The quantitative estimate of drug-likeness (QED) is 0.804. The number of benzene rings is 1. The number of carbonyl (C=O) groups excluding carboxylic acids is 1. The maximum absolute atomic E-state index is 12.2. The van der Waals surface area contributed by atoms with Gasteiger partial charge in [-0.15, -0.1) is 0 Å². The van der Waals surface area contributed by atoms with Crippen LogP contribution in [-0.4, -0.2) is 37.8 Å². The third-order valence-corrected chi connectivity index (χ3v) is 4.03. The molecule has 1 aromatic carbocycles. The number of hydrogen-bond acceptors (Lipinski definition) is 4. The van der Waals surface area contributed by atoms with Gasteiger partial charge in [-0.2, -0.15) is 0 Å². The molecule has 2 unspecified atom stereocenters. The molecule has 5 heteroatoms. The van der Waals surface area contributed by atoms with E-state index in [1.54, 1.807) is 0 Å². The first-order chi connectivity index (χ1) is 11.5. The highest BCUT2D eigenvalue weighted by atomic mass is 16.5. The molecule has 134 valence electrons. The number of carbonyl (C=O) groups is 1. The molecule has 0 saturated carbocycles. The van der Waals surface area contributed by atoms with Crippen LogP contribution in [-0.2, 0) is 16.1 Å². The molecule has 1 aromatic rings. The van der Waals surface area contributed by atoms with Crippen LogP contribution in [0.15, 0.2) is 18.2 Å². The molecule has 1 saturated heterocycles. The van der Waals surface area contributed by atoms with E-state index in [1.165, 1.54) is 0 Å². The van der Waals surface area contributed by atoms with Gasteiger partial charge in [-0.3, -0.25) is 4.79 Å². The first-order valence-corrected chi connectivity index (χ1v) is 8.82. The normalized spacial score (nSPS) is 19.1. The molecule has 2 rings (SSSR count). The van der Waals surface area contributed by atoms with Gasteiger partial charge in [0.15, 0.2) is 0 Å². The zero-order valence-corrected chi connectivity index (χ0v) is 15.2. The second kappa shape index (κ2) is 9.04. The van der Waals surface area contributed by atoms with Crippen LogP contribution in [0.4, 0.5) is 0 Å². The minimum atomic E-state index is -0.409. The lowest BCUT2D eigenvalue weighted by atomic mass is 10.1. The largest absolute Gasteiger partial charge is 0.490 e. The van der Waals surface area contributed by atoms with Gasteiger partial charge in [-0.05, 0) is 37.8 Å². The van der Waals surface area contributed by atoms with Crippen LogP contribution in [0.3, 0.4) is 0 Å². The molecular formula is C19H30N2O3. The maximum atomic E-state index is 12.2. The minimum Gasteiger partial charge on any atom is -0.490 e. The summed E-state index contributed by atoms with van der Waals surface area (Å²) in [6.07, 6.45) is 0.738. The zero-order chi connectivity index (χ0) is 17.5. The monoisotopic (exact) mass is 334 g/mol. The predicted molar refractivity (Wildman–Crippen MR) is 95.2 cm³/mol. The van der Waals surface area contributed by atoms with E-state index < -0.39 is 6.10 Å². The maximum Gasteiger partial charge on any atom is 0.250 e. The van der Waals surface area contributed by atoms with Gasteiger partial charge < -0.3 is 20.1 Å². The zero-order valence-electron chi connectivity index (χ0n) is 15.2. The molecule has 24 heavy (non-hydrogen) atoms. The molecule has 0 radical (unpaired) electrons. The lowest BCUT2D eigenvalue weighted by Crippen LogP contribution is -2.47. The van der Waals surface area contributed by atoms with E-state index in [9.17, 15) is 4.79 Å². The molecule has 1 aliphatic heterocycles. The van der Waals surface area contributed by atoms with E-state index in [0.29, 0.717) is 25.6 Å². The molecule has 0 aliphatic carbocycles. The number of ether oxygens (including phenoxy) is 2. The van der Waals surface area contributed by atoms with Crippen LogP contribution in [0.5, 0.6) is 5.75 Å². The minimum absolute atomic E-state index is 0.0797. The Hall–Kier alpha value is -1.59.